The van der Waals surface area contributed by atoms with E-state index in [1.807, 2.05) is 19.2 Å². The third kappa shape index (κ3) is 2.41. The van der Waals surface area contributed by atoms with E-state index in [9.17, 15) is 0 Å². The molecule has 2 fully saturated rings. The maximum Gasteiger partial charge on any atom is 0.152 e. The lowest BCUT2D eigenvalue weighted by molar-refractivity contribution is 0.115. The minimum absolute atomic E-state index is 0.492. The molecule has 2 aliphatic rings. The van der Waals surface area contributed by atoms with Crippen molar-refractivity contribution in [3.05, 3.63) is 17.8 Å². The van der Waals surface area contributed by atoms with Gasteiger partial charge in [0.2, 0.25) is 0 Å². The first-order valence-corrected chi connectivity index (χ1v) is 7.38. The molecule has 3 rings (SSSR count). The van der Waals surface area contributed by atoms with Crippen LogP contribution < -0.4 is 10.6 Å². The number of nitrogens with zero attached hydrogens (tertiary/aromatic N) is 3. The Morgan fingerprint density at radius 3 is 2.95 bits per heavy atom. The summed E-state index contributed by atoms with van der Waals surface area (Å²) in [6.45, 7) is 7.79. The second kappa shape index (κ2) is 5.00. The molecule has 0 aromatic carbocycles. The van der Waals surface area contributed by atoms with Crippen LogP contribution in [-0.2, 0) is 0 Å². The zero-order chi connectivity index (χ0) is 13.4. The molecule has 0 radical (unpaired) electrons. The number of nitrogen functional groups attached to an aromatic ring is 1. The van der Waals surface area contributed by atoms with Crippen molar-refractivity contribution in [3.63, 3.8) is 0 Å². The van der Waals surface area contributed by atoms with Crippen LogP contribution in [0.25, 0.3) is 0 Å². The molecule has 2 atom stereocenters. The van der Waals surface area contributed by atoms with E-state index in [4.69, 9.17) is 5.73 Å². The fourth-order valence-electron chi connectivity index (χ4n) is 3.47. The number of hydrogen-bond acceptors (Lipinski definition) is 4. The van der Waals surface area contributed by atoms with E-state index in [0.717, 1.165) is 30.2 Å². The van der Waals surface area contributed by atoms with Crippen molar-refractivity contribution in [3.8, 4) is 0 Å². The molecule has 2 N–H and O–H groups in total. The number of piperidine rings is 1. The average molecular weight is 260 g/mol. The van der Waals surface area contributed by atoms with Gasteiger partial charge in [0.05, 0.1) is 5.69 Å². The van der Waals surface area contributed by atoms with Crippen molar-refractivity contribution < 1.29 is 0 Å². The van der Waals surface area contributed by atoms with Crippen LogP contribution in [0.1, 0.15) is 31.7 Å². The van der Waals surface area contributed by atoms with Crippen LogP contribution in [0.4, 0.5) is 11.5 Å². The minimum atomic E-state index is 0.492. The smallest absolute Gasteiger partial charge is 0.152 e. The zero-order valence-electron chi connectivity index (χ0n) is 12.0. The fourth-order valence-corrected chi connectivity index (χ4v) is 3.47. The molecule has 104 valence electrons. The topological polar surface area (TPSA) is 45.4 Å². The number of nitrogens with two attached hydrogens (primary N) is 1. The van der Waals surface area contributed by atoms with Crippen LogP contribution in [0.5, 0.6) is 0 Å². The first-order chi connectivity index (χ1) is 9.15. The molecule has 0 spiro atoms. The SMILES string of the molecule is Cc1cnc(N2CC3CCCCN3CC2C)c(N)c1. The molecular weight excluding hydrogens is 236 g/mol. The van der Waals surface area contributed by atoms with E-state index < -0.39 is 0 Å². The van der Waals surface area contributed by atoms with Gasteiger partial charge in [-0.1, -0.05) is 6.42 Å². The Morgan fingerprint density at radius 1 is 1.32 bits per heavy atom. The summed E-state index contributed by atoms with van der Waals surface area (Å²) in [4.78, 5) is 9.62. The molecule has 0 saturated carbocycles. The molecule has 4 nitrogen and oxygen atoms in total. The fraction of sp³-hybridized carbons (Fsp3) is 0.667. The number of rotatable bonds is 1. The first kappa shape index (κ1) is 12.7. The van der Waals surface area contributed by atoms with Gasteiger partial charge in [0.25, 0.3) is 0 Å². The van der Waals surface area contributed by atoms with Crippen molar-refractivity contribution in [2.45, 2.75) is 45.2 Å². The average Bonchev–Trinajstić information content (AvgIpc) is 2.38. The molecule has 0 aliphatic carbocycles. The molecule has 0 amide bonds. The van der Waals surface area contributed by atoms with Crippen LogP contribution in [0.15, 0.2) is 12.3 Å². The van der Waals surface area contributed by atoms with Crippen molar-refractivity contribution in [2.24, 2.45) is 0 Å². The highest BCUT2D eigenvalue weighted by molar-refractivity contribution is 5.64. The zero-order valence-corrected chi connectivity index (χ0v) is 12.0. The predicted octanol–water partition coefficient (Wildman–Crippen LogP) is 2.04. The van der Waals surface area contributed by atoms with Crippen molar-refractivity contribution in [2.75, 3.05) is 30.3 Å². The third-order valence-electron chi connectivity index (χ3n) is 4.49. The maximum atomic E-state index is 6.16. The van der Waals surface area contributed by atoms with Crippen molar-refractivity contribution >= 4 is 11.5 Å². The van der Waals surface area contributed by atoms with Gasteiger partial charge in [0, 0.05) is 31.4 Å². The highest BCUT2D eigenvalue weighted by atomic mass is 15.3. The first-order valence-electron chi connectivity index (χ1n) is 7.38. The van der Waals surface area contributed by atoms with Crippen LogP contribution >= 0.6 is 0 Å². The molecular formula is C15H24N4. The molecule has 4 heteroatoms. The quantitative estimate of drug-likeness (QED) is 0.839. The molecule has 1 aromatic rings. The molecule has 1 aromatic heterocycles. The number of fused-ring (bicyclic) bond motifs is 1. The molecule has 3 heterocycles. The summed E-state index contributed by atoms with van der Waals surface area (Å²) >= 11 is 0. The summed E-state index contributed by atoms with van der Waals surface area (Å²) in [6.07, 6.45) is 5.95. The Morgan fingerprint density at radius 2 is 2.16 bits per heavy atom. The molecule has 2 saturated heterocycles. The second-order valence-corrected chi connectivity index (χ2v) is 6.07. The van der Waals surface area contributed by atoms with Gasteiger partial charge in [-0.15, -0.1) is 0 Å². The largest absolute Gasteiger partial charge is 0.396 e. The summed E-state index contributed by atoms with van der Waals surface area (Å²) in [5.74, 6) is 0.975. The summed E-state index contributed by atoms with van der Waals surface area (Å²) in [7, 11) is 0. The molecule has 2 aliphatic heterocycles. The third-order valence-corrected chi connectivity index (χ3v) is 4.49. The van der Waals surface area contributed by atoms with Gasteiger partial charge in [-0.2, -0.15) is 0 Å². The lowest BCUT2D eigenvalue weighted by atomic mass is 9.97. The molecule has 2 unspecified atom stereocenters. The van der Waals surface area contributed by atoms with Gasteiger partial charge in [-0.05, 0) is 44.9 Å². The number of aromatic nitrogens is 1. The summed E-state index contributed by atoms with van der Waals surface area (Å²) < 4.78 is 0. The van der Waals surface area contributed by atoms with E-state index in [2.05, 4.69) is 21.7 Å². The van der Waals surface area contributed by atoms with Crippen molar-refractivity contribution in [1.29, 1.82) is 0 Å². The normalized spacial score (nSPS) is 28.2. The van der Waals surface area contributed by atoms with E-state index in [1.165, 1.54) is 25.8 Å². The monoisotopic (exact) mass is 260 g/mol. The summed E-state index contributed by atoms with van der Waals surface area (Å²) in [5, 5.41) is 0. The van der Waals surface area contributed by atoms with E-state index >= 15 is 0 Å². The van der Waals surface area contributed by atoms with Gasteiger partial charge in [-0.25, -0.2) is 4.98 Å². The summed E-state index contributed by atoms with van der Waals surface area (Å²) in [6, 6.07) is 3.21. The number of hydrogen-bond donors (Lipinski definition) is 1. The highest BCUT2D eigenvalue weighted by Gasteiger charge is 2.34. The number of anilines is 2. The lowest BCUT2D eigenvalue weighted by Gasteiger charge is -2.48. The summed E-state index contributed by atoms with van der Waals surface area (Å²) in [5.41, 5.74) is 8.11. The highest BCUT2D eigenvalue weighted by Crippen LogP contribution is 2.30. The van der Waals surface area contributed by atoms with Crippen LogP contribution in [-0.4, -0.2) is 41.6 Å². The Labute approximate surface area is 115 Å². The minimum Gasteiger partial charge on any atom is -0.396 e. The number of aryl methyl sites for hydroxylation is 1. The Bertz CT molecular complexity index is 459. The van der Waals surface area contributed by atoms with Gasteiger partial charge in [0.15, 0.2) is 5.82 Å². The molecule has 19 heavy (non-hydrogen) atoms. The van der Waals surface area contributed by atoms with Gasteiger partial charge in [-0.3, -0.25) is 4.90 Å². The van der Waals surface area contributed by atoms with Gasteiger partial charge >= 0.3 is 0 Å². The van der Waals surface area contributed by atoms with Crippen LogP contribution in [0.2, 0.25) is 0 Å². The standard InChI is InChI=1S/C15H24N4/c1-11-7-14(16)15(17-8-11)19-10-13-5-3-4-6-18(13)9-12(19)2/h7-8,12-13H,3-6,9-10,16H2,1-2H3. The Balaban J connectivity index is 1.83. The Kier molecular flexibility index (Phi) is 3.35. The van der Waals surface area contributed by atoms with E-state index in [1.54, 1.807) is 0 Å². The lowest BCUT2D eigenvalue weighted by Crippen LogP contribution is -2.59. The Hall–Kier alpha value is -1.29. The maximum absolute atomic E-state index is 6.16. The van der Waals surface area contributed by atoms with Gasteiger partial charge < -0.3 is 10.6 Å². The van der Waals surface area contributed by atoms with Crippen molar-refractivity contribution in [1.82, 2.24) is 9.88 Å². The predicted molar refractivity (Wildman–Crippen MR) is 79.4 cm³/mol. The van der Waals surface area contributed by atoms with Crippen LogP contribution in [0, 0.1) is 6.92 Å². The van der Waals surface area contributed by atoms with E-state index in [-0.39, 0.29) is 0 Å². The number of pyridine rings is 1. The molecule has 0 bridgehead atoms. The van der Waals surface area contributed by atoms with E-state index in [0.29, 0.717) is 12.1 Å². The second-order valence-electron chi connectivity index (χ2n) is 6.07. The number of piperazine rings is 1. The van der Waals surface area contributed by atoms with Gasteiger partial charge in [0.1, 0.15) is 0 Å². The van der Waals surface area contributed by atoms with Crippen LogP contribution in [0.3, 0.4) is 0 Å².